The minimum atomic E-state index is -3.26. The van der Waals surface area contributed by atoms with E-state index < -0.39 is 21.6 Å². The van der Waals surface area contributed by atoms with E-state index in [0.717, 1.165) is 11.6 Å². The first-order valence-electron chi connectivity index (χ1n) is 7.35. The van der Waals surface area contributed by atoms with E-state index in [2.05, 4.69) is 5.32 Å². The van der Waals surface area contributed by atoms with Gasteiger partial charge in [0.05, 0.1) is 17.1 Å². The molecule has 0 unspecified atom stereocenters. The maximum Gasteiger partial charge on any atom is 0.254 e. The van der Waals surface area contributed by atoms with Gasteiger partial charge in [0, 0.05) is 11.6 Å². The van der Waals surface area contributed by atoms with Crippen molar-refractivity contribution in [2.24, 2.45) is 0 Å². The second-order valence-electron chi connectivity index (χ2n) is 5.31. The Balaban J connectivity index is 1.82. The fourth-order valence-electron chi connectivity index (χ4n) is 2.16. The van der Waals surface area contributed by atoms with Gasteiger partial charge < -0.3 is 5.32 Å². The first kappa shape index (κ1) is 18.4. The van der Waals surface area contributed by atoms with Crippen LogP contribution in [-0.2, 0) is 15.6 Å². The summed E-state index contributed by atoms with van der Waals surface area (Å²) in [6.45, 7) is 0.138. The third-order valence-electron chi connectivity index (χ3n) is 3.32. The van der Waals surface area contributed by atoms with Crippen LogP contribution in [0, 0.1) is 5.82 Å². The molecule has 0 aliphatic rings. The molecular formula is C17H17ClFNO3S. The first-order valence-corrected chi connectivity index (χ1v) is 9.55. The summed E-state index contributed by atoms with van der Waals surface area (Å²) in [5.74, 6) is -1.38. The van der Waals surface area contributed by atoms with E-state index in [9.17, 15) is 17.6 Å². The maximum absolute atomic E-state index is 13.5. The van der Waals surface area contributed by atoms with E-state index in [0.29, 0.717) is 0 Å². The summed E-state index contributed by atoms with van der Waals surface area (Å²) >= 11 is 5.73. The Morgan fingerprint density at radius 3 is 2.54 bits per heavy atom. The number of benzene rings is 2. The van der Waals surface area contributed by atoms with Gasteiger partial charge in [-0.05, 0) is 30.2 Å². The van der Waals surface area contributed by atoms with E-state index >= 15 is 0 Å². The molecule has 1 N–H and O–H groups in total. The molecule has 4 nitrogen and oxygen atoms in total. The van der Waals surface area contributed by atoms with Crippen LogP contribution in [-0.4, -0.2) is 26.6 Å². The van der Waals surface area contributed by atoms with Gasteiger partial charge in [0.2, 0.25) is 0 Å². The standard InChI is InChI=1S/C17H17ClFNO3S/c18-14-7-8-16(19)15(11-14)17(21)20-9-4-10-24(22,23)12-13-5-2-1-3-6-13/h1-3,5-8,11H,4,9-10,12H2,(H,20,21). The molecule has 0 bridgehead atoms. The highest BCUT2D eigenvalue weighted by Crippen LogP contribution is 2.14. The third-order valence-corrected chi connectivity index (χ3v) is 5.24. The highest BCUT2D eigenvalue weighted by molar-refractivity contribution is 7.90. The summed E-state index contributed by atoms with van der Waals surface area (Å²) in [5.41, 5.74) is 0.567. The minimum absolute atomic E-state index is 0.0370. The summed E-state index contributed by atoms with van der Waals surface area (Å²) in [6.07, 6.45) is 0.253. The molecule has 0 aromatic heterocycles. The smallest absolute Gasteiger partial charge is 0.254 e. The van der Waals surface area contributed by atoms with Crippen molar-refractivity contribution in [1.29, 1.82) is 0 Å². The number of carbonyl (C=O) groups is 1. The lowest BCUT2D eigenvalue weighted by atomic mass is 10.2. The van der Waals surface area contributed by atoms with Crippen molar-refractivity contribution in [2.45, 2.75) is 12.2 Å². The van der Waals surface area contributed by atoms with Crippen LogP contribution in [0.5, 0.6) is 0 Å². The summed E-state index contributed by atoms with van der Waals surface area (Å²) in [4.78, 5) is 11.9. The molecule has 0 aliphatic heterocycles. The molecule has 0 saturated heterocycles. The quantitative estimate of drug-likeness (QED) is 0.762. The van der Waals surface area contributed by atoms with Crippen molar-refractivity contribution >= 4 is 27.3 Å². The van der Waals surface area contributed by atoms with Crippen LogP contribution in [0.25, 0.3) is 0 Å². The SMILES string of the molecule is O=C(NCCCS(=O)(=O)Cc1ccccc1)c1cc(Cl)ccc1F. The van der Waals surface area contributed by atoms with Crippen LogP contribution in [0.15, 0.2) is 48.5 Å². The molecule has 0 saturated carbocycles. The molecule has 0 aliphatic carbocycles. The predicted octanol–water partition coefficient (Wildman–Crippen LogP) is 3.21. The van der Waals surface area contributed by atoms with Gasteiger partial charge in [0.1, 0.15) is 5.82 Å². The van der Waals surface area contributed by atoms with Crippen LogP contribution in [0.4, 0.5) is 4.39 Å². The van der Waals surface area contributed by atoms with E-state index in [1.807, 2.05) is 6.07 Å². The number of hydrogen-bond donors (Lipinski definition) is 1. The van der Waals surface area contributed by atoms with Crippen molar-refractivity contribution in [3.05, 3.63) is 70.5 Å². The molecule has 24 heavy (non-hydrogen) atoms. The van der Waals surface area contributed by atoms with Crippen molar-refractivity contribution in [1.82, 2.24) is 5.32 Å². The fourth-order valence-corrected chi connectivity index (χ4v) is 3.76. The van der Waals surface area contributed by atoms with Gasteiger partial charge in [0.25, 0.3) is 5.91 Å². The van der Waals surface area contributed by atoms with E-state index in [1.165, 1.54) is 12.1 Å². The molecule has 2 aromatic rings. The van der Waals surface area contributed by atoms with Gasteiger partial charge in [-0.15, -0.1) is 0 Å². The number of halogens is 2. The van der Waals surface area contributed by atoms with E-state index in [-0.39, 0.29) is 35.1 Å². The molecule has 2 aromatic carbocycles. The summed E-state index contributed by atoms with van der Waals surface area (Å²) in [5, 5.41) is 2.76. The lowest BCUT2D eigenvalue weighted by Gasteiger charge is -2.07. The van der Waals surface area contributed by atoms with Crippen molar-refractivity contribution in [3.63, 3.8) is 0 Å². The van der Waals surface area contributed by atoms with Crippen molar-refractivity contribution < 1.29 is 17.6 Å². The summed E-state index contributed by atoms with van der Waals surface area (Å²) in [6, 6.07) is 12.6. The van der Waals surface area contributed by atoms with Gasteiger partial charge >= 0.3 is 0 Å². The van der Waals surface area contributed by atoms with Gasteiger partial charge in [-0.3, -0.25) is 4.79 Å². The predicted molar refractivity (Wildman–Crippen MR) is 92.3 cm³/mol. The Hall–Kier alpha value is -1.92. The Kier molecular flexibility index (Phi) is 6.34. The lowest BCUT2D eigenvalue weighted by Crippen LogP contribution is -2.27. The minimum Gasteiger partial charge on any atom is -0.352 e. The number of hydrogen-bond acceptors (Lipinski definition) is 3. The molecule has 0 fully saturated rings. The van der Waals surface area contributed by atoms with Crippen LogP contribution in [0.3, 0.4) is 0 Å². The third kappa shape index (κ3) is 5.62. The number of nitrogens with one attached hydrogen (secondary N) is 1. The summed E-state index contributed by atoms with van der Waals surface area (Å²) < 4.78 is 37.6. The van der Waals surface area contributed by atoms with Crippen LogP contribution < -0.4 is 5.32 Å². The van der Waals surface area contributed by atoms with Gasteiger partial charge in [0.15, 0.2) is 9.84 Å². The second kappa shape index (κ2) is 8.26. The van der Waals surface area contributed by atoms with E-state index in [4.69, 9.17) is 11.6 Å². The topological polar surface area (TPSA) is 63.2 Å². The van der Waals surface area contributed by atoms with Gasteiger partial charge in [-0.2, -0.15) is 0 Å². The van der Waals surface area contributed by atoms with Crippen molar-refractivity contribution in [3.8, 4) is 0 Å². The molecular weight excluding hydrogens is 353 g/mol. The maximum atomic E-state index is 13.5. The average molecular weight is 370 g/mol. The molecule has 1 amide bonds. The Morgan fingerprint density at radius 2 is 1.83 bits per heavy atom. The first-order chi connectivity index (χ1) is 11.4. The molecule has 0 radical (unpaired) electrons. The lowest BCUT2D eigenvalue weighted by molar-refractivity contribution is 0.0949. The fraction of sp³-hybridized carbons (Fsp3) is 0.235. The zero-order valence-electron chi connectivity index (χ0n) is 12.8. The Labute approximate surface area is 145 Å². The van der Waals surface area contributed by atoms with E-state index in [1.54, 1.807) is 24.3 Å². The molecule has 7 heteroatoms. The molecule has 0 spiro atoms. The highest BCUT2D eigenvalue weighted by Gasteiger charge is 2.14. The van der Waals surface area contributed by atoms with Crippen molar-refractivity contribution in [2.75, 3.05) is 12.3 Å². The van der Waals surface area contributed by atoms with Crippen LogP contribution in [0.1, 0.15) is 22.3 Å². The zero-order chi connectivity index (χ0) is 17.6. The van der Waals surface area contributed by atoms with Crippen LogP contribution >= 0.6 is 11.6 Å². The number of amides is 1. The molecule has 2 rings (SSSR count). The Morgan fingerprint density at radius 1 is 1.12 bits per heavy atom. The van der Waals surface area contributed by atoms with Gasteiger partial charge in [-0.1, -0.05) is 41.9 Å². The Bertz CT molecular complexity index is 810. The summed E-state index contributed by atoms with van der Waals surface area (Å²) in [7, 11) is -3.26. The largest absolute Gasteiger partial charge is 0.352 e. The molecule has 0 heterocycles. The number of rotatable bonds is 7. The monoisotopic (exact) mass is 369 g/mol. The second-order valence-corrected chi connectivity index (χ2v) is 7.93. The van der Waals surface area contributed by atoms with Crippen LogP contribution in [0.2, 0.25) is 5.02 Å². The molecule has 128 valence electrons. The normalized spacial score (nSPS) is 11.2. The molecule has 0 atom stereocenters. The zero-order valence-corrected chi connectivity index (χ0v) is 14.4. The van der Waals surface area contributed by atoms with Gasteiger partial charge in [-0.25, -0.2) is 12.8 Å². The number of sulfone groups is 1. The highest BCUT2D eigenvalue weighted by atomic mass is 35.5. The average Bonchev–Trinajstić information content (AvgIpc) is 2.54. The number of carbonyl (C=O) groups excluding carboxylic acids is 1.